The molecule has 148 valence electrons. The molecule has 5 nitrogen and oxygen atoms in total. The van der Waals surface area contributed by atoms with Crippen molar-refractivity contribution in [1.29, 1.82) is 0 Å². The molecule has 2 aromatic carbocycles. The largest absolute Gasteiger partial charge is 0.490 e. The normalized spacial score (nSPS) is 14.8. The van der Waals surface area contributed by atoms with E-state index in [2.05, 4.69) is 4.98 Å². The van der Waals surface area contributed by atoms with Crippen LogP contribution in [0, 0.1) is 0 Å². The van der Waals surface area contributed by atoms with Gasteiger partial charge in [-0.1, -0.05) is 29.8 Å². The molecule has 29 heavy (non-hydrogen) atoms. The number of hydrogen-bond acceptors (Lipinski definition) is 4. The molecule has 0 N–H and O–H groups in total. The lowest BCUT2D eigenvalue weighted by Crippen LogP contribution is -2.42. The molecule has 0 aliphatic carbocycles. The maximum Gasteiger partial charge on any atom is 0.256 e. The average Bonchev–Trinajstić information content (AvgIpc) is 2.74. The van der Waals surface area contributed by atoms with Crippen LogP contribution in [0.1, 0.15) is 40.5 Å². The van der Waals surface area contributed by atoms with Crippen LogP contribution in [0.2, 0.25) is 5.02 Å². The molecule has 6 heteroatoms. The van der Waals surface area contributed by atoms with Gasteiger partial charge in [0.2, 0.25) is 0 Å². The van der Waals surface area contributed by atoms with Gasteiger partial charge in [0, 0.05) is 42.5 Å². The number of benzene rings is 2. The third-order valence-electron chi connectivity index (χ3n) is 5.21. The third-order valence-corrected chi connectivity index (χ3v) is 5.44. The first-order valence-corrected chi connectivity index (χ1v) is 10.0. The summed E-state index contributed by atoms with van der Waals surface area (Å²) in [4.78, 5) is 31.1. The highest BCUT2D eigenvalue weighted by molar-refractivity contribution is 6.31. The van der Waals surface area contributed by atoms with Gasteiger partial charge in [0.05, 0.1) is 16.6 Å². The Bertz CT molecular complexity index is 1070. The van der Waals surface area contributed by atoms with Crippen LogP contribution >= 0.6 is 11.6 Å². The number of halogens is 1. The van der Waals surface area contributed by atoms with E-state index in [1.807, 2.05) is 35.2 Å². The molecule has 0 atom stereocenters. The number of para-hydroxylation sites is 1. The zero-order valence-corrected chi connectivity index (χ0v) is 16.9. The van der Waals surface area contributed by atoms with E-state index in [4.69, 9.17) is 16.3 Å². The monoisotopic (exact) mass is 408 g/mol. The van der Waals surface area contributed by atoms with Crippen molar-refractivity contribution in [2.75, 3.05) is 13.1 Å². The van der Waals surface area contributed by atoms with E-state index in [0.717, 1.165) is 10.9 Å². The first-order chi connectivity index (χ1) is 14.0. The lowest BCUT2D eigenvalue weighted by Gasteiger charge is -2.32. The highest BCUT2D eigenvalue weighted by atomic mass is 35.5. The van der Waals surface area contributed by atoms with Crippen LogP contribution in [0.25, 0.3) is 10.9 Å². The van der Waals surface area contributed by atoms with E-state index >= 15 is 0 Å². The highest BCUT2D eigenvalue weighted by Gasteiger charge is 2.26. The van der Waals surface area contributed by atoms with Crippen molar-refractivity contribution in [3.05, 3.63) is 70.9 Å². The van der Waals surface area contributed by atoms with Crippen LogP contribution in [-0.4, -0.2) is 40.8 Å². The van der Waals surface area contributed by atoms with E-state index in [0.29, 0.717) is 47.8 Å². The van der Waals surface area contributed by atoms with Crippen LogP contribution < -0.4 is 4.74 Å². The second kappa shape index (κ2) is 8.21. The number of aromatic nitrogens is 1. The number of piperidine rings is 1. The van der Waals surface area contributed by atoms with Crippen molar-refractivity contribution in [3.8, 4) is 5.75 Å². The van der Waals surface area contributed by atoms with Crippen molar-refractivity contribution in [2.45, 2.75) is 25.9 Å². The fourth-order valence-corrected chi connectivity index (χ4v) is 3.86. The molecule has 2 heterocycles. The van der Waals surface area contributed by atoms with Gasteiger partial charge in [0.1, 0.15) is 11.9 Å². The average molecular weight is 409 g/mol. The summed E-state index contributed by atoms with van der Waals surface area (Å²) in [5.41, 5.74) is 1.84. The summed E-state index contributed by atoms with van der Waals surface area (Å²) in [5.74, 6) is 0.451. The van der Waals surface area contributed by atoms with Crippen molar-refractivity contribution in [1.82, 2.24) is 9.88 Å². The topological polar surface area (TPSA) is 59.5 Å². The quantitative estimate of drug-likeness (QED) is 0.583. The van der Waals surface area contributed by atoms with Gasteiger partial charge in [-0.2, -0.15) is 0 Å². The van der Waals surface area contributed by atoms with Gasteiger partial charge in [0.15, 0.2) is 5.78 Å². The maximum absolute atomic E-state index is 13.0. The molecule has 0 saturated carbocycles. The van der Waals surface area contributed by atoms with Gasteiger partial charge in [-0.05, 0) is 37.3 Å². The summed E-state index contributed by atoms with van der Waals surface area (Å²) in [5, 5.41) is 1.46. The number of Topliss-reactive ketones (excluding diaryl/α,β-unsaturated/α-hetero) is 1. The Morgan fingerprint density at radius 2 is 1.83 bits per heavy atom. The SMILES string of the molecule is CC(=O)c1cc(Cl)ccc1OC1CCN(C(=O)c2cccc3cccnc23)CC1. The third kappa shape index (κ3) is 4.10. The van der Waals surface area contributed by atoms with Crippen LogP contribution in [0.5, 0.6) is 5.75 Å². The summed E-state index contributed by atoms with van der Waals surface area (Å²) < 4.78 is 6.08. The van der Waals surface area contributed by atoms with E-state index in [-0.39, 0.29) is 17.8 Å². The van der Waals surface area contributed by atoms with Crippen LogP contribution in [0.15, 0.2) is 54.7 Å². The Kier molecular flexibility index (Phi) is 5.49. The minimum Gasteiger partial charge on any atom is -0.490 e. The summed E-state index contributed by atoms with van der Waals surface area (Å²) >= 11 is 6.00. The molecule has 0 bridgehead atoms. The van der Waals surface area contributed by atoms with Crippen molar-refractivity contribution >= 4 is 34.2 Å². The summed E-state index contributed by atoms with van der Waals surface area (Å²) in [6.07, 6.45) is 3.05. The molecule has 0 radical (unpaired) electrons. The van der Waals surface area contributed by atoms with Crippen molar-refractivity contribution in [2.24, 2.45) is 0 Å². The molecule has 1 aliphatic rings. The number of pyridine rings is 1. The second-order valence-electron chi connectivity index (χ2n) is 7.19. The van der Waals surface area contributed by atoms with Crippen LogP contribution in [0.3, 0.4) is 0 Å². The van der Waals surface area contributed by atoms with Crippen LogP contribution in [-0.2, 0) is 0 Å². The number of hydrogen-bond donors (Lipinski definition) is 0. The smallest absolute Gasteiger partial charge is 0.256 e. The highest BCUT2D eigenvalue weighted by Crippen LogP contribution is 2.27. The van der Waals surface area contributed by atoms with Gasteiger partial charge in [-0.3, -0.25) is 14.6 Å². The van der Waals surface area contributed by atoms with E-state index in [9.17, 15) is 9.59 Å². The molecule has 1 saturated heterocycles. The lowest BCUT2D eigenvalue weighted by molar-refractivity contribution is 0.0595. The number of ketones is 1. The molecule has 1 fully saturated rings. The van der Waals surface area contributed by atoms with Crippen LogP contribution in [0.4, 0.5) is 0 Å². The molecule has 4 rings (SSSR count). The first-order valence-electron chi connectivity index (χ1n) is 9.63. The Hall–Kier alpha value is -2.92. The van der Waals surface area contributed by atoms with Gasteiger partial charge >= 0.3 is 0 Å². The second-order valence-corrected chi connectivity index (χ2v) is 7.62. The Morgan fingerprint density at radius 3 is 2.59 bits per heavy atom. The fourth-order valence-electron chi connectivity index (χ4n) is 3.68. The molecule has 0 unspecified atom stereocenters. The number of carbonyl (C=O) groups excluding carboxylic acids is 2. The van der Waals surface area contributed by atoms with E-state index in [1.54, 1.807) is 24.4 Å². The predicted octanol–water partition coefficient (Wildman–Crippen LogP) is 4.77. The summed E-state index contributed by atoms with van der Waals surface area (Å²) in [6.45, 7) is 2.68. The zero-order valence-electron chi connectivity index (χ0n) is 16.1. The summed E-state index contributed by atoms with van der Waals surface area (Å²) in [6, 6.07) is 14.6. The molecule has 1 amide bonds. The number of ether oxygens (including phenoxy) is 1. The van der Waals surface area contributed by atoms with Gasteiger partial charge in [-0.15, -0.1) is 0 Å². The molecule has 0 spiro atoms. The minimum atomic E-state index is -0.0847. The number of carbonyl (C=O) groups is 2. The fraction of sp³-hybridized carbons (Fsp3) is 0.261. The molecule has 3 aromatic rings. The van der Waals surface area contributed by atoms with Gasteiger partial charge < -0.3 is 9.64 Å². The number of fused-ring (bicyclic) bond motifs is 1. The number of likely N-dealkylation sites (tertiary alicyclic amines) is 1. The van der Waals surface area contributed by atoms with Gasteiger partial charge in [-0.25, -0.2) is 0 Å². The minimum absolute atomic E-state index is 0.0105. The maximum atomic E-state index is 13.0. The Labute approximate surface area is 174 Å². The first kappa shape index (κ1) is 19.4. The van der Waals surface area contributed by atoms with Gasteiger partial charge in [0.25, 0.3) is 5.91 Å². The number of rotatable bonds is 4. The Balaban J connectivity index is 1.45. The predicted molar refractivity (Wildman–Crippen MR) is 113 cm³/mol. The molecule has 1 aliphatic heterocycles. The Morgan fingerprint density at radius 1 is 1.07 bits per heavy atom. The van der Waals surface area contributed by atoms with Crippen molar-refractivity contribution in [3.63, 3.8) is 0 Å². The van der Waals surface area contributed by atoms with Crippen molar-refractivity contribution < 1.29 is 14.3 Å². The van der Waals surface area contributed by atoms with E-state index < -0.39 is 0 Å². The molecular formula is C23H21ClN2O3. The molecular weight excluding hydrogens is 388 g/mol. The number of nitrogens with zero attached hydrogens (tertiary/aromatic N) is 2. The summed E-state index contributed by atoms with van der Waals surface area (Å²) in [7, 11) is 0. The molecule has 1 aromatic heterocycles. The standard InChI is InChI=1S/C23H21ClN2O3/c1-15(27)20-14-17(24)7-8-21(20)29-18-9-12-26(13-10-18)23(28)19-6-2-4-16-5-3-11-25-22(16)19/h2-8,11,14,18H,9-10,12-13H2,1H3. The van der Waals surface area contributed by atoms with E-state index in [1.165, 1.54) is 6.92 Å². The number of amides is 1. The lowest BCUT2D eigenvalue weighted by atomic mass is 10.0. The zero-order chi connectivity index (χ0) is 20.4.